The molecule has 2 aromatic rings. The molecule has 1 aliphatic rings. The van der Waals surface area contributed by atoms with E-state index in [2.05, 4.69) is 9.97 Å². The second kappa shape index (κ2) is 4.80. The Balaban J connectivity index is 1.98. The summed E-state index contributed by atoms with van der Waals surface area (Å²) < 4.78 is 17.0. The first-order chi connectivity index (χ1) is 10.00. The molecule has 6 nitrogen and oxygen atoms in total. The van der Waals surface area contributed by atoms with Crippen LogP contribution in [0.3, 0.4) is 0 Å². The monoisotopic (exact) mass is 287 g/mol. The molecule has 0 radical (unpaired) electrons. The molecular weight excluding hydrogens is 270 g/mol. The molecule has 6 heteroatoms. The predicted octanol–water partition coefficient (Wildman–Crippen LogP) is 2.57. The SMILES string of the molecule is COc1c(N)ncnc1Oc1cccc2c1OC(C)(C)C2. The molecule has 0 saturated heterocycles. The summed E-state index contributed by atoms with van der Waals surface area (Å²) in [6, 6.07) is 5.79. The highest BCUT2D eigenvalue weighted by Gasteiger charge is 2.32. The normalized spacial score (nSPS) is 15.2. The van der Waals surface area contributed by atoms with E-state index >= 15 is 0 Å². The van der Waals surface area contributed by atoms with Crippen molar-refractivity contribution in [3.8, 4) is 23.1 Å². The standard InChI is InChI=1S/C15H17N3O3/c1-15(2)7-9-5-4-6-10(11(9)21-15)20-14-12(19-3)13(16)17-8-18-14/h4-6,8H,7H2,1-3H3,(H2,16,17,18). The molecule has 0 unspecified atom stereocenters. The van der Waals surface area contributed by atoms with Crippen LogP contribution >= 0.6 is 0 Å². The number of nitrogens with zero attached hydrogens (tertiary/aromatic N) is 2. The Morgan fingerprint density at radius 1 is 1.29 bits per heavy atom. The molecule has 1 aliphatic heterocycles. The Bertz CT molecular complexity index is 686. The third-order valence-electron chi connectivity index (χ3n) is 3.26. The van der Waals surface area contributed by atoms with Crippen LogP contribution < -0.4 is 19.9 Å². The maximum Gasteiger partial charge on any atom is 0.268 e. The molecule has 21 heavy (non-hydrogen) atoms. The fourth-order valence-electron chi connectivity index (χ4n) is 2.41. The van der Waals surface area contributed by atoms with Crippen LogP contribution in [0, 0.1) is 0 Å². The highest BCUT2D eigenvalue weighted by atomic mass is 16.6. The molecule has 0 bridgehead atoms. The van der Waals surface area contributed by atoms with Crippen LogP contribution in [0.1, 0.15) is 19.4 Å². The van der Waals surface area contributed by atoms with Crippen molar-refractivity contribution in [2.24, 2.45) is 0 Å². The van der Waals surface area contributed by atoms with Crippen LogP contribution in [0.25, 0.3) is 0 Å². The zero-order valence-electron chi connectivity index (χ0n) is 12.2. The fourth-order valence-corrected chi connectivity index (χ4v) is 2.41. The Morgan fingerprint density at radius 2 is 2.10 bits per heavy atom. The molecule has 0 fully saturated rings. The number of methoxy groups -OCH3 is 1. The van der Waals surface area contributed by atoms with Gasteiger partial charge in [-0.15, -0.1) is 0 Å². The first-order valence-corrected chi connectivity index (χ1v) is 6.63. The number of hydrogen-bond acceptors (Lipinski definition) is 6. The summed E-state index contributed by atoms with van der Waals surface area (Å²) in [6.07, 6.45) is 2.17. The van der Waals surface area contributed by atoms with Crippen LogP contribution in [0.5, 0.6) is 23.1 Å². The molecule has 1 aromatic heterocycles. The summed E-state index contributed by atoms with van der Waals surface area (Å²) in [7, 11) is 1.50. The van der Waals surface area contributed by atoms with Crippen molar-refractivity contribution < 1.29 is 14.2 Å². The highest BCUT2D eigenvalue weighted by Crippen LogP contribution is 2.44. The number of ether oxygens (including phenoxy) is 3. The van der Waals surface area contributed by atoms with Crippen molar-refractivity contribution in [1.29, 1.82) is 0 Å². The molecule has 0 atom stereocenters. The molecule has 3 rings (SSSR count). The molecular formula is C15H17N3O3. The third kappa shape index (κ3) is 2.44. The lowest BCUT2D eigenvalue weighted by Crippen LogP contribution is -2.24. The molecule has 0 aliphatic carbocycles. The van der Waals surface area contributed by atoms with Gasteiger partial charge >= 0.3 is 0 Å². The van der Waals surface area contributed by atoms with Crippen molar-refractivity contribution in [3.05, 3.63) is 30.1 Å². The number of aromatic nitrogens is 2. The molecule has 110 valence electrons. The van der Waals surface area contributed by atoms with Gasteiger partial charge in [0.05, 0.1) is 7.11 Å². The number of benzene rings is 1. The zero-order chi connectivity index (χ0) is 15.0. The van der Waals surface area contributed by atoms with Gasteiger partial charge in [-0.1, -0.05) is 12.1 Å². The van der Waals surface area contributed by atoms with Crippen LogP contribution in [-0.2, 0) is 6.42 Å². The lowest BCUT2D eigenvalue weighted by atomic mass is 10.0. The van der Waals surface area contributed by atoms with Crippen LogP contribution in [0.4, 0.5) is 5.82 Å². The fraction of sp³-hybridized carbons (Fsp3) is 0.333. The predicted molar refractivity (Wildman–Crippen MR) is 77.9 cm³/mol. The van der Waals surface area contributed by atoms with Crippen LogP contribution in [-0.4, -0.2) is 22.7 Å². The van der Waals surface area contributed by atoms with Crippen molar-refractivity contribution in [3.63, 3.8) is 0 Å². The number of nitrogen functional groups attached to an aromatic ring is 1. The molecule has 0 spiro atoms. The van der Waals surface area contributed by atoms with E-state index < -0.39 is 0 Å². The van der Waals surface area contributed by atoms with Crippen molar-refractivity contribution in [1.82, 2.24) is 9.97 Å². The summed E-state index contributed by atoms with van der Waals surface area (Å²) in [4.78, 5) is 7.95. The number of anilines is 1. The van der Waals surface area contributed by atoms with Gasteiger partial charge in [0.15, 0.2) is 17.3 Å². The number of para-hydroxylation sites is 1. The minimum Gasteiger partial charge on any atom is -0.489 e. The topological polar surface area (TPSA) is 79.5 Å². The molecule has 2 N–H and O–H groups in total. The average Bonchev–Trinajstić information content (AvgIpc) is 2.74. The smallest absolute Gasteiger partial charge is 0.268 e. The van der Waals surface area contributed by atoms with Gasteiger partial charge in [0, 0.05) is 12.0 Å². The Labute approximate surface area is 122 Å². The van der Waals surface area contributed by atoms with Crippen molar-refractivity contribution >= 4 is 5.82 Å². The summed E-state index contributed by atoms with van der Waals surface area (Å²) in [5, 5.41) is 0. The number of rotatable bonds is 3. The van der Waals surface area contributed by atoms with Crippen LogP contribution in [0.2, 0.25) is 0 Å². The second-order valence-corrected chi connectivity index (χ2v) is 5.48. The minimum absolute atomic E-state index is 0.233. The van der Waals surface area contributed by atoms with E-state index in [9.17, 15) is 0 Å². The Kier molecular flexibility index (Phi) is 3.08. The molecule has 0 saturated carbocycles. The average molecular weight is 287 g/mol. The van der Waals surface area contributed by atoms with Gasteiger partial charge in [0.1, 0.15) is 11.9 Å². The number of hydrogen-bond donors (Lipinski definition) is 1. The quantitative estimate of drug-likeness (QED) is 0.934. The lowest BCUT2D eigenvalue weighted by Gasteiger charge is -2.18. The van der Waals surface area contributed by atoms with Gasteiger partial charge in [-0.05, 0) is 19.9 Å². The van der Waals surface area contributed by atoms with Gasteiger partial charge in [-0.3, -0.25) is 0 Å². The van der Waals surface area contributed by atoms with E-state index in [1.54, 1.807) is 0 Å². The Hall–Kier alpha value is -2.50. The van der Waals surface area contributed by atoms with E-state index in [1.807, 2.05) is 32.0 Å². The molecule has 1 aromatic carbocycles. The van der Waals surface area contributed by atoms with Gasteiger partial charge in [-0.2, -0.15) is 4.98 Å². The Morgan fingerprint density at radius 3 is 2.86 bits per heavy atom. The summed E-state index contributed by atoms with van der Waals surface area (Å²) >= 11 is 0. The van der Waals surface area contributed by atoms with Gasteiger partial charge in [0.2, 0.25) is 5.75 Å². The maximum absolute atomic E-state index is 5.96. The minimum atomic E-state index is -0.240. The van der Waals surface area contributed by atoms with Crippen LogP contribution in [0.15, 0.2) is 24.5 Å². The van der Waals surface area contributed by atoms with E-state index in [1.165, 1.54) is 13.4 Å². The van der Waals surface area contributed by atoms with Crippen molar-refractivity contribution in [2.75, 3.05) is 12.8 Å². The number of nitrogens with two attached hydrogens (primary N) is 1. The summed E-state index contributed by atoms with van der Waals surface area (Å²) in [5.74, 6) is 2.15. The maximum atomic E-state index is 5.96. The molecule has 2 heterocycles. The largest absolute Gasteiger partial charge is 0.489 e. The zero-order valence-corrected chi connectivity index (χ0v) is 12.2. The van der Waals surface area contributed by atoms with E-state index in [4.69, 9.17) is 19.9 Å². The van der Waals surface area contributed by atoms with Gasteiger partial charge in [0.25, 0.3) is 5.88 Å². The highest BCUT2D eigenvalue weighted by molar-refractivity contribution is 5.56. The van der Waals surface area contributed by atoms with Gasteiger partial charge in [-0.25, -0.2) is 4.98 Å². The number of fused-ring (bicyclic) bond motifs is 1. The van der Waals surface area contributed by atoms with E-state index in [-0.39, 0.29) is 17.3 Å². The summed E-state index contributed by atoms with van der Waals surface area (Å²) in [6.45, 7) is 4.08. The second-order valence-electron chi connectivity index (χ2n) is 5.48. The van der Waals surface area contributed by atoms with Crippen molar-refractivity contribution in [2.45, 2.75) is 25.9 Å². The third-order valence-corrected chi connectivity index (χ3v) is 3.26. The first kappa shape index (κ1) is 13.5. The van der Waals surface area contributed by atoms with Gasteiger partial charge < -0.3 is 19.9 Å². The van der Waals surface area contributed by atoms with E-state index in [0.717, 1.165) is 17.7 Å². The van der Waals surface area contributed by atoms with E-state index in [0.29, 0.717) is 11.5 Å². The lowest BCUT2D eigenvalue weighted by molar-refractivity contribution is 0.134. The first-order valence-electron chi connectivity index (χ1n) is 6.63. The summed E-state index contributed by atoms with van der Waals surface area (Å²) in [5.41, 5.74) is 6.62. The molecule has 0 amide bonds.